The Morgan fingerprint density at radius 1 is 1.09 bits per heavy atom. The molecule has 0 atom stereocenters. The van der Waals surface area contributed by atoms with Gasteiger partial charge in [0.05, 0.1) is 25.1 Å². The molecule has 0 bridgehead atoms. The van der Waals surface area contributed by atoms with E-state index in [1.807, 2.05) is 18.2 Å². The van der Waals surface area contributed by atoms with Crippen LogP contribution in [-0.2, 0) is 0 Å². The molecule has 0 saturated carbocycles. The van der Waals surface area contributed by atoms with E-state index in [1.54, 1.807) is 31.5 Å². The topological polar surface area (TPSA) is 79.7 Å². The molecular formula is C16H15N3O3. The van der Waals surface area contributed by atoms with Gasteiger partial charge in [-0.1, -0.05) is 12.1 Å². The van der Waals surface area contributed by atoms with Crippen molar-refractivity contribution in [3.63, 3.8) is 0 Å². The van der Waals surface area contributed by atoms with E-state index in [1.165, 1.54) is 7.11 Å². The maximum absolute atomic E-state index is 10.1. The van der Waals surface area contributed by atoms with Crippen LogP contribution in [0.3, 0.4) is 0 Å². The number of aromatic amines is 1. The number of hydrogen-bond donors (Lipinski definition) is 2. The zero-order chi connectivity index (χ0) is 15.5. The lowest BCUT2D eigenvalue weighted by Gasteiger charge is -2.04. The van der Waals surface area contributed by atoms with E-state index in [2.05, 4.69) is 15.2 Å². The molecule has 0 radical (unpaired) electrons. The predicted octanol–water partition coefficient (Wildman–Crippen LogP) is 3.04. The quantitative estimate of drug-likeness (QED) is 0.725. The lowest BCUT2D eigenvalue weighted by atomic mass is 10.2. The highest BCUT2D eigenvalue weighted by Gasteiger charge is 2.10. The second-order valence-corrected chi connectivity index (χ2v) is 4.59. The molecule has 22 heavy (non-hydrogen) atoms. The average molecular weight is 297 g/mol. The average Bonchev–Trinajstić information content (AvgIpc) is 2.97. The molecule has 0 saturated heterocycles. The molecule has 6 heteroatoms. The van der Waals surface area contributed by atoms with E-state index in [0.29, 0.717) is 22.9 Å². The van der Waals surface area contributed by atoms with Crippen LogP contribution in [-0.4, -0.2) is 35.7 Å². The number of para-hydroxylation sites is 1. The summed E-state index contributed by atoms with van der Waals surface area (Å²) in [5.41, 5.74) is 1.38. The maximum atomic E-state index is 10.1. The SMILES string of the molecule is COc1cccc(C=Nc2n[nH]c3cccc(OC)c23)c1O. The molecule has 3 aromatic rings. The lowest BCUT2D eigenvalue weighted by molar-refractivity contribution is 0.373. The van der Waals surface area contributed by atoms with Gasteiger partial charge in [-0.25, -0.2) is 4.99 Å². The normalized spacial score (nSPS) is 11.2. The largest absolute Gasteiger partial charge is 0.504 e. The molecule has 2 aromatic carbocycles. The van der Waals surface area contributed by atoms with E-state index in [0.717, 1.165) is 10.9 Å². The highest BCUT2D eigenvalue weighted by molar-refractivity contribution is 5.96. The summed E-state index contributed by atoms with van der Waals surface area (Å²) in [4.78, 5) is 4.35. The Morgan fingerprint density at radius 3 is 2.59 bits per heavy atom. The van der Waals surface area contributed by atoms with Gasteiger partial charge in [-0.3, -0.25) is 5.10 Å². The fourth-order valence-corrected chi connectivity index (χ4v) is 2.23. The maximum Gasteiger partial charge on any atom is 0.185 e. The molecule has 0 aliphatic heterocycles. The van der Waals surface area contributed by atoms with Crippen molar-refractivity contribution < 1.29 is 14.6 Å². The Balaban J connectivity index is 2.03. The highest BCUT2D eigenvalue weighted by atomic mass is 16.5. The van der Waals surface area contributed by atoms with Crippen molar-refractivity contribution in [2.45, 2.75) is 0 Å². The van der Waals surface area contributed by atoms with Crippen LogP contribution in [0, 0.1) is 0 Å². The van der Waals surface area contributed by atoms with Gasteiger partial charge in [0, 0.05) is 11.8 Å². The molecule has 1 aromatic heterocycles. The van der Waals surface area contributed by atoms with Gasteiger partial charge < -0.3 is 14.6 Å². The molecule has 0 spiro atoms. The number of rotatable bonds is 4. The van der Waals surface area contributed by atoms with Gasteiger partial charge in [-0.15, -0.1) is 0 Å². The van der Waals surface area contributed by atoms with Crippen LogP contribution in [0.5, 0.6) is 17.2 Å². The minimum Gasteiger partial charge on any atom is -0.504 e. The second-order valence-electron chi connectivity index (χ2n) is 4.59. The van der Waals surface area contributed by atoms with E-state index in [-0.39, 0.29) is 5.75 Å². The number of nitrogens with zero attached hydrogens (tertiary/aromatic N) is 2. The molecule has 0 amide bonds. The zero-order valence-electron chi connectivity index (χ0n) is 12.2. The fraction of sp³-hybridized carbons (Fsp3) is 0.125. The summed E-state index contributed by atoms with van der Waals surface area (Å²) in [7, 11) is 3.10. The van der Waals surface area contributed by atoms with Crippen molar-refractivity contribution in [1.29, 1.82) is 0 Å². The smallest absolute Gasteiger partial charge is 0.185 e. The van der Waals surface area contributed by atoms with Crippen molar-refractivity contribution in [1.82, 2.24) is 10.2 Å². The summed E-state index contributed by atoms with van der Waals surface area (Å²) >= 11 is 0. The monoisotopic (exact) mass is 297 g/mol. The van der Waals surface area contributed by atoms with Gasteiger partial charge in [0.15, 0.2) is 17.3 Å². The summed E-state index contributed by atoms with van der Waals surface area (Å²) in [6.45, 7) is 0. The Morgan fingerprint density at radius 2 is 1.82 bits per heavy atom. The Hall–Kier alpha value is -3.02. The van der Waals surface area contributed by atoms with E-state index in [9.17, 15) is 5.11 Å². The van der Waals surface area contributed by atoms with Gasteiger partial charge in [-0.2, -0.15) is 5.10 Å². The summed E-state index contributed by atoms with van der Waals surface area (Å²) in [6, 6.07) is 10.8. The third-order valence-electron chi connectivity index (χ3n) is 3.33. The van der Waals surface area contributed by atoms with Gasteiger partial charge in [0.25, 0.3) is 0 Å². The Labute approximate surface area is 127 Å². The molecule has 112 valence electrons. The molecule has 0 aliphatic carbocycles. The molecule has 2 N–H and O–H groups in total. The van der Waals surface area contributed by atoms with Gasteiger partial charge in [0.1, 0.15) is 5.75 Å². The Bertz CT molecular complexity index is 840. The Kier molecular flexibility index (Phi) is 3.65. The number of hydrogen-bond acceptors (Lipinski definition) is 5. The molecular weight excluding hydrogens is 282 g/mol. The van der Waals surface area contributed by atoms with Crippen molar-refractivity contribution >= 4 is 22.9 Å². The highest BCUT2D eigenvalue weighted by Crippen LogP contribution is 2.33. The first kappa shape index (κ1) is 13.9. The fourth-order valence-electron chi connectivity index (χ4n) is 2.23. The van der Waals surface area contributed by atoms with Crippen LogP contribution in [0.2, 0.25) is 0 Å². The molecule has 0 fully saturated rings. The standard InChI is InChI=1S/C16H15N3O3/c1-21-12-7-4-6-11-14(12)16(19-18-11)17-9-10-5-3-8-13(22-2)15(10)20/h3-9,20H,1-2H3,(H,18,19). The van der Waals surface area contributed by atoms with E-state index < -0.39 is 0 Å². The molecule has 0 aliphatic rings. The van der Waals surface area contributed by atoms with Crippen LogP contribution in [0.25, 0.3) is 10.9 Å². The number of aliphatic imine (C=N–C) groups is 1. The summed E-state index contributed by atoms with van der Waals surface area (Å²) in [6.07, 6.45) is 1.54. The number of phenols is 1. The molecule has 3 rings (SSSR count). The first-order chi connectivity index (χ1) is 10.7. The zero-order valence-corrected chi connectivity index (χ0v) is 12.2. The molecule has 1 heterocycles. The first-order valence-corrected chi connectivity index (χ1v) is 6.65. The van der Waals surface area contributed by atoms with Crippen molar-refractivity contribution in [2.24, 2.45) is 4.99 Å². The van der Waals surface area contributed by atoms with Crippen LogP contribution < -0.4 is 9.47 Å². The number of aromatic nitrogens is 2. The molecule has 6 nitrogen and oxygen atoms in total. The van der Waals surface area contributed by atoms with Crippen molar-refractivity contribution in [3.05, 3.63) is 42.0 Å². The summed E-state index contributed by atoms with van der Waals surface area (Å²) in [5, 5.41) is 17.9. The van der Waals surface area contributed by atoms with E-state index >= 15 is 0 Å². The number of fused-ring (bicyclic) bond motifs is 1. The third-order valence-corrected chi connectivity index (χ3v) is 3.33. The van der Waals surface area contributed by atoms with Crippen LogP contribution in [0.1, 0.15) is 5.56 Å². The van der Waals surface area contributed by atoms with Crippen LogP contribution in [0.15, 0.2) is 41.4 Å². The van der Waals surface area contributed by atoms with Crippen molar-refractivity contribution in [3.8, 4) is 17.2 Å². The van der Waals surface area contributed by atoms with E-state index in [4.69, 9.17) is 9.47 Å². The van der Waals surface area contributed by atoms with Crippen molar-refractivity contribution in [2.75, 3.05) is 14.2 Å². The number of aromatic hydroxyl groups is 1. The summed E-state index contributed by atoms with van der Waals surface area (Å²) < 4.78 is 10.4. The predicted molar refractivity (Wildman–Crippen MR) is 84.6 cm³/mol. The minimum atomic E-state index is 0.0422. The number of nitrogens with one attached hydrogen (secondary N) is 1. The van der Waals surface area contributed by atoms with Gasteiger partial charge in [0.2, 0.25) is 0 Å². The summed E-state index contributed by atoms with van der Waals surface area (Å²) in [5.74, 6) is 1.62. The number of phenolic OH excluding ortho intramolecular Hbond substituents is 1. The first-order valence-electron chi connectivity index (χ1n) is 6.65. The number of benzene rings is 2. The molecule has 0 unspecified atom stereocenters. The lowest BCUT2D eigenvalue weighted by Crippen LogP contribution is -1.88. The van der Waals surface area contributed by atoms with Crippen LogP contribution >= 0.6 is 0 Å². The number of H-pyrrole nitrogens is 1. The van der Waals surface area contributed by atoms with Gasteiger partial charge >= 0.3 is 0 Å². The number of methoxy groups -OCH3 is 2. The van der Waals surface area contributed by atoms with Crippen LogP contribution in [0.4, 0.5) is 5.82 Å². The second kappa shape index (κ2) is 5.77. The number of ether oxygens (including phenoxy) is 2. The third kappa shape index (κ3) is 2.35. The minimum absolute atomic E-state index is 0.0422. The van der Waals surface area contributed by atoms with Gasteiger partial charge in [-0.05, 0) is 24.3 Å².